The van der Waals surface area contributed by atoms with Crippen molar-refractivity contribution in [3.8, 4) is 22.8 Å². The van der Waals surface area contributed by atoms with E-state index in [1.807, 2.05) is 13.8 Å². The van der Waals surface area contributed by atoms with Crippen molar-refractivity contribution in [1.82, 2.24) is 35.9 Å². The summed E-state index contributed by atoms with van der Waals surface area (Å²) in [7, 11) is 2.59. The average molecular weight is 688 g/mol. The molecule has 20 heteroatoms. The van der Waals surface area contributed by atoms with Crippen LogP contribution in [-0.2, 0) is 44.7 Å². The van der Waals surface area contributed by atoms with Crippen molar-refractivity contribution in [2.45, 2.75) is 51.3 Å². The normalized spacial score (nSPS) is 14.5. The molecule has 1 saturated heterocycles. The third-order valence-corrected chi connectivity index (χ3v) is 6.26. The summed E-state index contributed by atoms with van der Waals surface area (Å²) in [5.41, 5.74) is 3.71. The first-order chi connectivity index (χ1) is 22.5. The van der Waals surface area contributed by atoms with Crippen LogP contribution in [0.4, 0.5) is 31.1 Å². The van der Waals surface area contributed by atoms with E-state index in [0.717, 1.165) is 10.6 Å². The highest BCUT2D eigenvalue weighted by atomic mass is 19.4. The molecule has 258 valence electrons. The Kier molecular flexibility index (Phi) is 10.7. The van der Waals surface area contributed by atoms with Crippen LogP contribution in [-0.4, -0.2) is 62.2 Å². The fraction of sp³-hybridized carbons (Fsp3) is 0.357. The molecule has 3 amide bonds. The Bertz CT molecular complexity index is 1690. The van der Waals surface area contributed by atoms with Crippen LogP contribution in [0.5, 0.6) is 0 Å². The lowest BCUT2D eigenvalue weighted by molar-refractivity contribution is -0.195. The minimum Gasteiger partial charge on any atom is -0.329 e. The van der Waals surface area contributed by atoms with Gasteiger partial charge in [-0.2, -0.15) is 41.4 Å². The van der Waals surface area contributed by atoms with Gasteiger partial charge >= 0.3 is 30.2 Å². The van der Waals surface area contributed by atoms with Gasteiger partial charge in [0.05, 0.1) is 39.3 Å². The van der Waals surface area contributed by atoms with Crippen LogP contribution in [0.2, 0.25) is 0 Å². The van der Waals surface area contributed by atoms with Gasteiger partial charge in [-0.15, -0.1) is 0 Å². The van der Waals surface area contributed by atoms with Crippen molar-refractivity contribution in [2.24, 2.45) is 0 Å². The highest BCUT2D eigenvalue weighted by Gasteiger charge is 2.40. The smallest absolute Gasteiger partial charge is 0.329 e. The molecule has 4 aromatic rings. The van der Waals surface area contributed by atoms with Crippen molar-refractivity contribution in [3.63, 3.8) is 0 Å². The number of halogens is 6. The van der Waals surface area contributed by atoms with E-state index in [4.69, 9.17) is 9.68 Å². The van der Waals surface area contributed by atoms with Gasteiger partial charge in [0.1, 0.15) is 0 Å². The molecule has 0 spiro atoms. The lowest BCUT2D eigenvalue weighted by atomic mass is 10.1. The molecule has 48 heavy (non-hydrogen) atoms. The molecule has 1 N–H and O–H groups in total. The number of nitrogens with one attached hydrogen (secondary N) is 1. The fourth-order valence-electron chi connectivity index (χ4n) is 4.07. The molecule has 3 heterocycles. The van der Waals surface area contributed by atoms with Gasteiger partial charge in [-0.25, -0.2) is 15.3 Å². The summed E-state index contributed by atoms with van der Waals surface area (Å²) < 4.78 is 83.1. The van der Waals surface area contributed by atoms with Gasteiger partial charge in [-0.05, 0) is 25.0 Å². The molecule has 0 saturated carbocycles. The Morgan fingerprint density at radius 2 is 1.35 bits per heavy atom. The molecule has 0 aliphatic carbocycles. The van der Waals surface area contributed by atoms with Crippen molar-refractivity contribution >= 4 is 11.9 Å². The maximum Gasteiger partial charge on any atom is 0.471 e. The number of amides is 3. The van der Waals surface area contributed by atoms with Crippen LogP contribution in [0.25, 0.3) is 22.8 Å². The molecule has 2 aromatic heterocycles. The van der Waals surface area contributed by atoms with E-state index < -0.39 is 35.8 Å². The zero-order chi connectivity index (χ0) is 35.3. The van der Waals surface area contributed by atoms with Crippen molar-refractivity contribution in [1.29, 1.82) is 0 Å². The number of benzene rings is 2. The summed E-state index contributed by atoms with van der Waals surface area (Å²) in [6, 6.07) is 12.0. The molecule has 0 bridgehead atoms. The molecule has 0 unspecified atom stereocenters. The van der Waals surface area contributed by atoms with Crippen molar-refractivity contribution in [3.05, 3.63) is 71.4 Å². The molecule has 0 radical (unpaired) electrons. The van der Waals surface area contributed by atoms with E-state index in [9.17, 15) is 35.9 Å². The SMILES string of the molecule is CC1(C)CC(=O)N(Cc2ccc(-c3noc(C(F)(F)F)n3)cc2)O1.CONC(=O)N(Cc1ccc(-c2noc(C(F)(F)F)n2)cc1)OC. The Hall–Kier alpha value is -5.08. The molecule has 1 fully saturated rings. The molecular weight excluding hydrogens is 660 g/mol. The quantitative estimate of drug-likeness (QED) is 0.182. The Morgan fingerprint density at radius 1 is 0.875 bits per heavy atom. The predicted octanol–water partition coefficient (Wildman–Crippen LogP) is 5.59. The molecule has 2 aromatic carbocycles. The fourth-order valence-corrected chi connectivity index (χ4v) is 4.07. The molecular formula is C28H27F6N7O7. The van der Waals surface area contributed by atoms with Crippen LogP contribution >= 0.6 is 0 Å². The number of nitrogens with zero attached hydrogens (tertiary/aromatic N) is 6. The molecule has 0 atom stereocenters. The Morgan fingerprint density at radius 3 is 1.73 bits per heavy atom. The topological polar surface area (TPSA) is 158 Å². The summed E-state index contributed by atoms with van der Waals surface area (Å²) in [6.45, 7) is 3.99. The highest BCUT2D eigenvalue weighted by Crippen LogP contribution is 2.31. The standard InChI is InChI=1S/C15H14F3N3O3.C13H13F3N4O4/c1-14(2)7-11(22)21(24-14)8-9-3-5-10(6-4-9)12-19-13(23-20-12)15(16,17)18;1-22-19-12(21)20(23-2)7-8-3-5-9(6-4-8)10-17-11(24-18-10)13(14,15)16/h3-6H,7-8H2,1-2H3;3-6H,7H2,1-2H3,(H,19,21). The van der Waals surface area contributed by atoms with Crippen LogP contribution in [0, 0.1) is 0 Å². The number of hydroxylamine groups is 5. The summed E-state index contributed by atoms with van der Waals surface area (Å²) >= 11 is 0. The second-order valence-electron chi connectivity index (χ2n) is 10.5. The van der Waals surface area contributed by atoms with E-state index in [1.165, 1.54) is 31.4 Å². The minimum absolute atomic E-state index is 0.0893. The average Bonchev–Trinajstić information content (AvgIpc) is 3.76. The summed E-state index contributed by atoms with van der Waals surface area (Å²) in [5, 5.41) is 8.89. The van der Waals surface area contributed by atoms with Crippen molar-refractivity contribution < 1.29 is 59.5 Å². The number of rotatable bonds is 8. The number of hydrogen-bond acceptors (Lipinski definition) is 11. The van der Waals surface area contributed by atoms with E-state index in [-0.39, 0.29) is 30.6 Å². The highest BCUT2D eigenvalue weighted by molar-refractivity contribution is 5.77. The molecule has 5 rings (SSSR count). The lowest BCUT2D eigenvalue weighted by Crippen LogP contribution is -2.38. The third kappa shape index (κ3) is 9.26. The maximum absolute atomic E-state index is 12.5. The van der Waals surface area contributed by atoms with Crippen LogP contribution < -0.4 is 5.48 Å². The van der Waals surface area contributed by atoms with Crippen LogP contribution in [0.3, 0.4) is 0 Å². The second-order valence-corrected chi connectivity index (χ2v) is 10.5. The van der Waals surface area contributed by atoms with Crippen molar-refractivity contribution in [2.75, 3.05) is 14.2 Å². The molecule has 14 nitrogen and oxygen atoms in total. The maximum atomic E-state index is 12.5. The first-order valence-corrected chi connectivity index (χ1v) is 13.6. The first-order valence-electron chi connectivity index (χ1n) is 13.6. The van der Waals surface area contributed by atoms with E-state index >= 15 is 0 Å². The summed E-state index contributed by atoms with van der Waals surface area (Å²) in [4.78, 5) is 45.0. The summed E-state index contributed by atoms with van der Waals surface area (Å²) in [6.07, 6.45) is -9.07. The lowest BCUT2D eigenvalue weighted by Gasteiger charge is -2.19. The van der Waals surface area contributed by atoms with Gasteiger partial charge in [-0.1, -0.05) is 58.8 Å². The van der Waals surface area contributed by atoms with Gasteiger partial charge in [0, 0.05) is 11.1 Å². The number of urea groups is 1. The number of alkyl halides is 6. The Labute approximate surface area is 267 Å². The van der Waals surface area contributed by atoms with E-state index in [2.05, 4.69) is 39.6 Å². The Balaban J connectivity index is 0.000000217. The third-order valence-electron chi connectivity index (χ3n) is 6.26. The van der Waals surface area contributed by atoms with E-state index in [1.54, 1.807) is 36.4 Å². The molecule has 1 aliphatic rings. The second kappa shape index (κ2) is 14.4. The van der Waals surface area contributed by atoms with E-state index in [0.29, 0.717) is 23.1 Å². The van der Waals surface area contributed by atoms with Gasteiger partial charge in [0.25, 0.3) is 0 Å². The van der Waals surface area contributed by atoms with Gasteiger partial charge in [-0.3, -0.25) is 19.3 Å². The number of carbonyl (C=O) groups is 2. The van der Waals surface area contributed by atoms with Crippen LogP contribution in [0.15, 0.2) is 57.6 Å². The monoisotopic (exact) mass is 687 g/mol. The van der Waals surface area contributed by atoms with Gasteiger partial charge in [0.15, 0.2) is 0 Å². The number of aromatic nitrogens is 4. The van der Waals surface area contributed by atoms with Gasteiger partial charge in [0.2, 0.25) is 17.6 Å². The predicted molar refractivity (Wildman–Crippen MR) is 148 cm³/mol. The largest absolute Gasteiger partial charge is 0.471 e. The first kappa shape index (κ1) is 35.8. The van der Waals surface area contributed by atoms with Crippen LogP contribution in [0.1, 0.15) is 43.2 Å². The van der Waals surface area contributed by atoms with Gasteiger partial charge < -0.3 is 9.05 Å². The number of hydrogen-bond donors (Lipinski definition) is 1. The summed E-state index contributed by atoms with van der Waals surface area (Å²) in [5.74, 6) is -3.25. The molecule has 1 aliphatic heterocycles. The zero-order valence-electron chi connectivity index (χ0n) is 25.5. The zero-order valence-corrected chi connectivity index (χ0v) is 25.5. The number of carbonyl (C=O) groups excluding carboxylic acids is 2. The minimum atomic E-state index is -4.70.